The van der Waals surface area contributed by atoms with Crippen LogP contribution in [0.1, 0.15) is 26.3 Å². The van der Waals surface area contributed by atoms with Gasteiger partial charge in [-0.2, -0.15) is 0 Å². The van der Waals surface area contributed by atoms with Crippen molar-refractivity contribution in [1.82, 2.24) is 0 Å². The monoisotopic (exact) mass is 379 g/mol. The van der Waals surface area contributed by atoms with Crippen LogP contribution in [0.2, 0.25) is 0 Å². The van der Waals surface area contributed by atoms with Gasteiger partial charge in [-0.05, 0) is 53.0 Å². The molecule has 26 heavy (non-hydrogen) atoms. The Balaban J connectivity index is 1.98. The minimum absolute atomic E-state index is 0.0417. The van der Waals surface area contributed by atoms with Crippen LogP contribution in [0, 0.1) is 18.3 Å². The first-order valence-electron chi connectivity index (χ1n) is 8.82. The maximum absolute atomic E-state index is 4.96. The molecule has 134 valence electrons. The van der Waals surface area contributed by atoms with Gasteiger partial charge in [0.05, 0.1) is 5.69 Å². The first-order chi connectivity index (χ1) is 12.4. The van der Waals surface area contributed by atoms with Crippen molar-refractivity contribution >= 4 is 34.3 Å². The highest BCUT2D eigenvalue weighted by Crippen LogP contribution is 2.51. The summed E-state index contributed by atoms with van der Waals surface area (Å²) >= 11 is 3.48. The summed E-state index contributed by atoms with van der Waals surface area (Å²) in [6.45, 7) is 13.3. The van der Waals surface area contributed by atoms with Crippen molar-refractivity contribution in [1.29, 1.82) is 0 Å². The molecule has 0 N–H and O–H groups in total. The molecule has 0 saturated carbocycles. The molecule has 2 aromatic rings. The molecule has 1 atom stereocenters. The molecule has 1 nitrogen and oxygen atoms in total. The average molecular weight is 380 g/mol. The van der Waals surface area contributed by atoms with E-state index in [4.69, 9.17) is 4.99 Å². The summed E-state index contributed by atoms with van der Waals surface area (Å²) in [7, 11) is 0. The third-order valence-electron chi connectivity index (χ3n) is 5.06. The Morgan fingerprint density at radius 2 is 1.73 bits per heavy atom. The van der Waals surface area contributed by atoms with Crippen molar-refractivity contribution in [3.8, 4) is 0 Å². The third kappa shape index (κ3) is 4.16. The Labute approximate surface area is 165 Å². The average Bonchev–Trinajstić information content (AvgIpc) is 2.63. The Morgan fingerprint density at radius 3 is 2.38 bits per heavy atom. The maximum atomic E-state index is 4.96. The van der Waals surface area contributed by atoms with Gasteiger partial charge in [-0.25, -0.2) is 4.99 Å². The van der Waals surface area contributed by atoms with E-state index in [0.29, 0.717) is 5.92 Å². The number of benzene rings is 2. The Morgan fingerprint density at radius 1 is 1.08 bits per heavy atom. The van der Waals surface area contributed by atoms with E-state index in [1.807, 2.05) is 6.07 Å². The molecule has 2 aromatic carbocycles. The fourth-order valence-electron chi connectivity index (χ4n) is 2.73. The molecular weight excluding hydrogens is 354 g/mol. The summed E-state index contributed by atoms with van der Waals surface area (Å²) in [5.41, 5.74) is 3.58. The molecule has 0 radical (unpaired) electrons. The summed E-state index contributed by atoms with van der Waals surface area (Å²) in [4.78, 5) is 7.38. The molecule has 3 heteroatoms. The van der Waals surface area contributed by atoms with Crippen LogP contribution >= 0.6 is 23.5 Å². The van der Waals surface area contributed by atoms with E-state index in [2.05, 4.69) is 88.2 Å². The Kier molecular flexibility index (Phi) is 5.79. The Bertz CT molecular complexity index is 846. The molecule has 0 spiro atoms. The summed E-state index contributed by atoms with van der Waals surface area (Å²) < 4.78 is 0. The Hall–Kier alpha value is -1.71. The molecule has 1 fully saturated rings. The van der Waals surface area contributed by atoms with Crippen molar-refractivity contribution in [2.24, 2.45) is 16.3 Å². The van der Waals surface area contributed by atoms with Crippen molar-refractivity contribution in [2.45, 2.75) is 32.6 Å². The van der Waals surface area contributed by atoms with Crippen LogP contribution in [0.15, 0.2) is 87.0 Å². The quantitative estimate of drug-likeness (QED) is 0.508. The molecule has 3 rings (SSSR count). The van der Waals surface area contributed by atoms with Crippen LogP contribution in [-0.2, 0) is 0 Å². The minimum atomic E-state index is 0.0417. The topological polar surface area (TPSA) is 12.4 Å². The van der Waals surface area contributed by atoms with E-state index >= 15 is 0 Å². The van der Waals surface area contributed by atoms with Crippen LogP contribution in [0.3, 0.4) is 0 Å². The van der Waals surface area contributed by atoms with Crippen LogP contribution in [0.5, 0.6) is 0 Å². The van der Waals surface area contributed by atoms with Crippen LogP contribution in [0.25, 0.3) is 0 Å². The van der Waals surface area contributed by atoms with Gasteiger partial charge in [0.15, 0.2) is 0 Å². The molecule has 0 aromatic heterocycles. The van der Waals surface area contributed by atoms with Crippen molar-refractivity contribution in [3.63, 3.8) is 0 Å². The first-order valence-corrected chi connectivity index (χ1v) is 10.5. The zero-order valence-corrected chi connectivity index (χ0v) is 17.5. The van der Waals surface area contributed by atoms with Crippen molar-refractivity contribution in [2.75, 3.05) is 0 Å². The summed E-state index contributed by atoms with van der Waals surface area (Å²) in [5.74, 6) is 0.358. The number of aliphatic imine (C=N–C) groups is 1. The largest absolute Gasteiger partial charge is 0.241 e. The van der Waals surface area contributed by atoms with E-state index in [0.717, 1.165) is 10.7 Å². The number of hydrogen-bond donors (Lipinski definition) is 0. The molecule has 0 amide bonds. The molecule has 1 saturated heterocycles. The van der Waals surface area contributed by atoms with Crippen molar-refractivity contribution < 1.29 is 0 Å². The van der Waals surface area contributed by atoms with E-state index in [9.17, 15) is 0 Å². The molecule has 1 unspecified atom stereocenters. The van der Waals surface area contributed by atoms with Gasteiger partial charge in [-0.1, -0.05) is 86.8 Å². The normalized spacial score (nSPS) is 22.8. The number of aryl methyl sites for hydroxylation is 1. The van der Waals surface area contributed by atoms with Gasteiger partial charge >= 0.3 is 0 Å². The zero-order chi connectivity index (χ0) is 18.7. The van der Waals surface area contributed by atoms with Gasteiger partial charge in [0.2, 0.25) is 0 Å². The highest BCUT2D eigenvalue weighted by atomic mass is 32.2. The number of thioether (sulfide) groups is 2. The fraction of sp³-hybridized carbons (Fsp3) is 0.261. The van der Waals surface area contributed by atoms with E-state index in [1.54, 1.807) is 23.5 Å². The minimum Gasteiger partial charge on any atom is -0.241 e. The zero-order valence-electron chi connectivity index (χ0n) is 15.8. The lowest BCUT2D eigenvalue weighted by atomic mass is 9.76. The van der Waals surface area contributed by atoms with E-state index < -0.39 is 0 Å². The second-order valence-corrected chi connectivity index (χ2v) is 9.25. The van der Waals surface area contributed by atoms with Gasteiger partial charge in [-0.3, -0.25) is 0 Å². The van der Waals surface area contributed by atoms with Gasteiger partial charge in [0.25, 0.3) is 0 Å². The standard InChI is InChI=1S/C23H25NS2/c1-16-11-13-19(14-12-16)24-22-21(15-25-20-9-7-6-8-10-20)17(2)23(4,5)18(3)26-22/h6-15,17H,3H2,1-2,4-5H3/b21-15+,24-22?. The van der Waals surface area contributed by atoms with Crippen LogP contribution < -0.4 is 0 Å². The fourth-order valence-corrected chi connectivity index (χ4v) is 4.88. The first kappa shape index (κ1) is 19.1. The maximum Gasteiger partial charge on any atom is 0.105 e. The summed E-state index contributed by atoms with van der Waals surface area (Å²) in [5, 5.41) is 3.34. The lowest BCUT2D eigenvalue weighted by Crippen LogP contribution is -2.31. The van der Waals surface area contributed by atoms with Gasteiger partial charge < -0.3 is 0 Å². The number of hydrogen-bond acceptors (Lipinski definition) is 3. The van der Waals surface area contributed by atoms with Crippen LogP contribution in [0.4, 0.5) is 5.69 Å². The molecular formula is C23H25NS2. The summed E-state index contributed by atoms with van der Waals surface area (Å²) in [6.07, 6.45) is 0. The van der Waals surface area contributed by atoms with E-state index in [-0.39, 0.29) is 5.41 Å². The number of nitrogens with zero attached hydrogens (tertiary/aromatic N) is 1. The molecule has 1 aliphatic rings. The van der Waals surface area contributed by atoms with Crippen molar-refractivity contribution in [3.05, 3.63) is 82.6 Å². The smallest absolute Gasteiger partial charge is 0.105 e. The van der Waals surface area contributed by atoms with Gasteiger partial charge in [0.1, 0.15) is 5.04 Å². The highest BCUT2D eigenvalue weighted by Gasteiger charge is 2.39. The lowest BCUT2D eigenvalue weighted by Gasteiger charge is -2.40. The van der Waals surface area contributed by atoms with Gasteiger partial charge in [0, 0.05) is 10.3 Å². The molecule has 1 aliphatic heterocycles. The predicted molar refractivity (Wildman–Crippen MR) is 118 cm³/mol. The second-order valence-electron chi connectivity index (χ2n) is 7.23. The second kappa shape index (κ2) is 7.89. The third-order valence-corrected chi connectivity index (χ3v) is 7.27. The highest BCUT2D eigenvalue weighted by molar-refractivity contribution is 8.18. The van der Waals surface area contributed by atoms with Gasteiger partial charge in [-0.15, -0.1) is 0 Å². The molecule has 1 heterocycles. The van der Waals surface area contributed by atoms with E-state index in [1.165, 1.54) is 20.9 Å². The SMILES string of the molecule is C=C1SC(=Nc2ccc(C)cc2)/C(=C/Sc2ccccc2)C(C)C1(C)C. The molecule has 0 bridgehead atoms. The lowest BCUT2D eigenvalue weighted by molar-refractivity contribution is 0.352. The van der Waals surface area contributed by atoms with Crippen LogP contribution in [-0.4, -0.2) is 5.04 Å². The predicted octanol–water partition coefficient (Wildman–Crippen LogP) is 7.62. The molecule has 0 aliphatic carbocycles. The summed E-state index contributed by atoms with van der Waals surface area (Å²) in [6, 6.07) is 18.9. The number of rotatable bonds is 3. The number of allylic oxidation sites excluding steroid dienone is 1.